The minimum atomic E-state index is -4.64. The van der Waals surface area contributed by atoms with E-state index in [1.807, 2.05) is 5.43 Å². The Balaban J connectivity index is 1.83. The number of carbonyl (C=O) groups is 1. The second-order valence-corrected chi connectivity index (χ2v) is 6.63. The first-order valence-corrected chi connectivity index (χ1v) is 8.31. The van der Waals surface area contributed by atoms with Gasteiger partial charge in [0.1, 0.15) is 4.90 Å². The summed E-state index contributed by atoms with van der Waals surface area (Å²) in [5, 5.41) is 0.540. The number of hydrogen-bond donors (Lipinski definition) is 3. The average Bonchev–Trinajstić information content (AvgIpc) is 3.01. The van der Waals surface area contributed by atoms with Gasteiger partial charge in [0.15, 0.2) is 17.5 Å². The van der Waals surface area contributed by atoms with Crippen molar-refractivity contribution in [1.82, 2.24) is 15.2 Å². The lowest BCUT2D eigenvalue weighted by Gasteiger charge is -2.09. The van der Waals surface area contributed by atoms with Gasteiger partial charge in [0.25, 0.3) is 15.9 Å². The third kappa shape index (κ3) is 3.08. The summed E-state index contributed by atoms with van der Waals surface area (Å²) < 4.78 is 63.7. The Morgan fingerprint density at radius 2 is 1.72 bits per heavy atom. The molecule has 0 radical (unpaired) electrons. The van der Waals surface area contributed by atoms with E-state index in [4.69, 9.17) is 0 Å². The van der Waals surface area contributed by atoms with Crippen LogP contribution >= 0.6 is 0 Å². The molecular weight excluding hydrogens is 359 g/mol. The van der Waals surface area contributed by atoms with Gasteiger partial charge in [0.05, 0.1) is 5.56 Å². The Bertz CT molecular complexity index is 1080. The maximum atomic E-state index is 13.6. The van der Waals surface area contributed by atoms with Crippen LogP contribution in [0.4, 0.5) is 13.2 Å². The summed E-state index contributed by atoms with van der Waals surface area (Å²) >= 11 is 0. The van der Waals surface area contributed by atoms with Crippen molar-refractivity contribution in [3.05, 3.63) is 65.6 Å². The van der Waals surface area contributed by atoms with Crippen LogP contribution < -0.4 is 10.3 Å². The van der Waals surface area contributed by atoms with Crippen molar-refractivity contribution in [3.63, 3.8) is 0 Å². The zero-order valence-corrected chi connectivity index (χ0v) is 13.1. The predicted molar refractivity (Wildman–Crippen MR) is 82.4 cm³/mol. The van der Waals surface area contributed by atoms with Gasteiger partial charge < -0.3 is 4.98 Å². The van der Waals surface area contributed by atoms with E-state index in [0.29, 0.717) is 23.0 Å². The number of rotatable bonds is 4. The molecule has 1 aromatic heterocycles. The summed E-state index contributed by atoms with van der Waals surface area (Å²) in [6, 6.07) is 7.81. The van der Waals surface area contributed by atoms with Gasteiger partial charge in [-0.15, -0.1) is 4.83 Å². The molecule has 0 fully saturated rings. The van der Waals surface area contributed by atoms with Gasteiger partial charge in [-0.2, -0.15) is 0 Å². The van der Waals surface area contributed by atoms with E-state index in [9.17, 15) is 26.4 Å². The summed E-state index contributed by atoms with van der Waals surface area (Å²) in [6.07, 6.45) is 1.37. The van der Waals surface area contributed by atoms with Crippen LogP contribution in [0.2, 0.25) is 0 Å². The molecule has 0 aliphatic carbocycles. The van der Waals surface area contributed by atoms with Crippen molar-refractivity contribution in [2.75, 3.05) is 0 Å². The maximum absolute atomic E-state index is 13.6. The van der Waals surface area contributed by atoms with Crippen LogP contribution in [0.5, 0.6) is 0 Å². The van der Waals surface area contributed by atoms with Crippen molar-refractivity contribution < 1.29 is 26.4 Å². The molecule has 3 aromatic rings. The minimum absolute atomic E-state index is 0.143. The van der Waals surface area contributed by atoms with Gasteiger partial charge in [0.2, 0.25) is 0 Å². The number of benzene rings is 2. The SMILES string of the molecule is O=C(NNS(=O)(=O)c1ccc(F)c(F)c1F)c1c[nH]c2ccccc12. The van der Waals surface area contributed by atoms with Crippen LogP contribution in [0.15, 0.2) is 47.5 Å². The van der Waals surface area contributed by atoms with Crippen LogP contribution in [0.25, 0.3) is 10.9 Å². The quantitative estimate of drug-likeness (QED) is 0.486. The third-order valence-electron chi connectivity index (χ3n) is 3.42. The molecule has 1 amide bonds. The Hall–Kier alpha value is -2.85. The van der Waals surface area contributed by atoms with E-state index in [2.05, 4.69) is 4.98 Å². The highest BCUT2D eigenvalue weighted by atomic mass is 32.2. The molecule has 1 heterocycles. The highest BCUT2D eigenvalue weighted by molar-refractivity contribution is 7.89. The molecule has 2 aromatic carbocycles. The fraction of sp³-hybridized carbons (Fsp3) is 0. The summed E-state index contributed by atoms with van der Waals surface area (Å²) in [7, 11) is -4.64. The lowest BCUT2D eigenvalue weighted by atomic mass is 10.2. The first-order valence-electron chi connectivity index (χ1n) is 6.83. The Labute approximate surface area is 139 Å². The number of hydrazine groups is 1. The molecular formula is C15H10F3N3O3S. The third-order valence-corrected chi connectivity index (χ3v) is 4.69. The molecule has 25 heavy (non-hydrogen) atoms. The number of halogens is 3. The first-order chi connectivity index (χ1) is 11.8. The average molecular weight is 369 g/mol. The second kappa shape index (κ2) is 6.22. The zero-order valence-electron chi connectivity index (χ0n) is 12.3. The summed E-state index contributed by atoms with van der Waals surface area (Å²) in [5.41, 5.74) is 2.69. The number of para-hydroxylation sites is 1. The van der Waals surface area contributed by atoms with Crippen molar-refractivity contribution in [2.24, 2.45) is 0 Å². The van der Waals surface area contributed by atoms with Gasteiger partial charge in [0, 0.05) is 17.1 Å². The number of nitrogens with one attached hydrogen (secondary N) is 3. The molecule has 3 N–H and O–H groups in total. The van der Waals surface area contributed by atoms with Crippen LogP contribution in [0.3, 0.4) is 0 Å². The number of aromatic amines is 1. The summed E-state index contributed by atoms with van der Waals surface area (Å²) in [4.78, 5) is 15.5. The minimum Gasteiger partial charge on any atom is -0.360 e. The molecule has 0 saturated carbocycles. The fourth-order valence-corrected chi connectivity index (χ4v) is 3.12. The molecule has 0 atom stereocenters. The van der Waals surface area contributed by atoms with E-state index in [1.165, 1.54) is 6.20 Å². The van der Waals surface area contributed by atoms with Crippen molar-refractivity contribution >= 4 is 26.8 Å². The molecule has 0 aliphatic heterocycles. The topological polar surface area (TPSA) is 91.1 Å². The van der Waals surface area contributed by atoms with Crippen LogP contribution in [-0.2, 0) is 10.0 Å². The predicted octanol–water partition coefficient (Wildman–Crippen LogP) is 2.21. The maximum Gasteiger partial charge on any atom is 0.268 e. The monoisotopic (exact) mass is 369 g/mol. The number of fused-ring (bicyclic) bond motifs is 1. The van der Waals surface area contributed by atoms with Crippen LogP contribution in [-0.4, -0.2) is 19.3 Å². The second-order valence-electron chi connectivity index (χ2n) is 4.98. The standard InChI is InChI=1S/C15H10F3N3O3S/c16-10-5-6-12(14(18)13(10)17)25(23,24)21-20-15(22)9-7-19-11-4-2-1-3-8(9)11/h1-7,19,21H,(H,20,22). The fourth-order valence-electron chi connectivity index (χ4n) is 2.21. The van der Waals surface area contributed by atoms with Gasteiger partial charge >= 0.3 is 0 Å². The number of H-pyrrole nitrogens is 1. The zero-order chi connectivity index (χ0) is 18.2. The van der Waals surface area contributed by atoms with Gasteiger partial charge in [-0.3, -0.25) is 10.2 Å². The highest BCUT2D eigenvalue weighted by Crippen LogP contribution is 2.20. The number of sulfonamides is 1. The van der Waals surface area contributed by atoms with Gasteiger partial charge in [-0.05, 0) is 18.2 Å². The molecule has 0 saturated heterocycles. The van der Waals surface area contributed by atoms with Crippen LogP contribution in [0, 0.1) is 17.5 Å². The molecule has 3 rings (SSSR count). The first kappa shape index (κ1) is 17.0. The van der Waals surface area contributed by atoms with Crippen molar-refractivity contribution in [2.45, 2.75) is 4.90 Å². The molecule has 0 unspecified atom stereocenters. The summed E-state index contributed by atoms with van der Waals surface area (Å²) in [5.74, 6) is -6.15. The molecule has 0 spiro atoms. The molecule has 0 aliphatic rings. The lowest BCUT2D eigenvalue weighted by Crippen LogP contribution is -2.41. The van der Waals surface area contributed by atoms with E-state index >= 15 is 0 Å². The van der Waals surface area contributed by atoms with E-state index in [1.54, 1.807) is 29.1 Å². The Morgan fingerprint density at radius 3 is 2.48 bits per heavy atom. The highest BCUT2D eigenvalue weighted by Gasteiger charge is 2.25. The normalized spacial score (nSPS) is 11.6. The van der Waals surface area contributed by atoms with E-state index in [-0.39, 0.29) is 5.56 Å². The molecule has 10 heteroatoms. The number of hydrogen-bond acceptors (Lipinski definition) is 3. The van der Waals surface area contributed by atoms with Gasteiger partial charge in [-0.25, -0.2) is 21.6 Å². The van der Waals surface area contributed by atoms with Crippen molar-refractivity contribution in [3.8, 4) is 0 Å². The molecule has 0 bridgehead atoms. The Kier molecular flexibility index (Phi) is 4.23. The molecule has 130 valence electrons. The number of aromatic nitrogens is 1. The number of amides is 1. The summed E-state index contributed by atoms with van der Waals surface area (Å²) in [6.45, 7) is 0. The van der Waals surface area contributed by atoms with E-state index < -0.39 is 38.3 Å². The molecule has 6 nitrogen and oxygen atoms in total. The van der Waals surface area contributed by atoms with Gasteiger partial charge in [-0.1, -0.05) is 18.2 Å². The van der Waals surface area contributed by atoms with E-state index in [0.717, 1.165) is 0 Å². The van der Waals surface area contributed by atoms with Crippen LogP contribution in [0.1, 0.15) is 10.4 Å². The number of carbonyl (C=O) groups excluding carboxylic acids is 1. The smallest absolute Gasteiger partial charge is 0.268 e. The Morgan fingerprint density at radius 1 is 1.00 bits per heavy atom. The largest absolute Gasteiger partial charge is 0.360 e. The van der Waals surface area contributed by atoms with Crippen molar-refractivity contribution in [1.29, 1.82) is 0 Å². The lowest BCUT2D eigenvalue weighted by molar-refractivity contribution is 0.0946.